The van der Waals surface area contributed by atoms with Crippen LogP contribution in [0.5, 0.6) is 0 Å². The molecule has 0 radical (unpaired) electrons. The van der Waals surface area contributed by atoms with Gasteiger partial charge in [0.25, 0.3) is 0 Å². The van der Waals surface area contributed by atoms with E-state index in [1.54, 1.807) is 30.3 Å². The second-order valence-corrected chi connectivity index (χ2v) is 16.5. The number of rotatable bonds is 16. The van der Waals surface area contributed by atoms with Crippen LogP contribution in [0.4, 0.5) is 16.2 Å². The fourth-order valence-electron chi connectivity index (χ4n) is 6.15. The van der Waals surface area contributed by atoms with Gasteiger partial charge in [-0.05, 0) is 91.0 Å². The van der Waals surface area contributed by atoms with Gasteiger partial charge in [-0.25, -0.2) is 18.0 Å². The number of carboxylic acids is 1. The number of alkyl halides is 1. The van der Waals surface area contributed by atoms with Crippen molar-refractivity contribution in [3.05, 3.63) is 87.9 Å². The molecule has 0 saturated carbocycles. The SMILES string of the molecule is CI.Cc1ccccc1NC(=O)Nc1ccc(CC(=O)N(C)[C@@H](CC(C)C)C(=O)NCC[C@H](NC(=O)[C@@H]2CCCN2S(=O)(=O)c2cc(Cl)cc(Cl)c2)C(=O)O)cc1. The average Bonchev–Trinajstić information content (AvgIpc) is 3.67. The number of aryl methyl sites for hydroxylation is 1. The second kappa shape index (κ2) is 22.3. The highest BCUT2D eigenvalue weighted by Gasteiger charge is 2.41. The molecule has 57 heavy (non-hydrogen) atoms. The van der Waals surface area contributed by atoms with Gasteiger partial charge < -0.3 is 31.3 Å². The number of hydrogen-bond acceptors (Lipinski definition) is 7. The maximum Gasteiger partial charge on any atom is 0.326 e. The molecule has 3 aromatic carbocycles. The molecule has 1 heterocycles. The summed E-state index contributed by atoms with van der Waals surface area (Å²) in [5, 5.41) is 20.8. The zero-order chi connectivity index (χ0) is 42.4. The van der Waals surface area contributed by atoms with E-state index in [1.807, 2.05) is 43.9 Å². The smallest absolute Gasteiger partial charge is 0.326 e. The highest BCUT2D eigenvalue weighted by atomic mass is 127. The van der Waals surface area contributed by atoms with Crippen LogP contribution in [0.15, 0.2) is 71.6 Å². The summed E-state index contributed by atoms with van der Waals surface area (Å²) in [6, 6.07) is 14.1. The lowest BCUT2D eigenvalue weighted by atomic mass is 10.0. The summed E-state index contributed by atoms with van der Waals surface area (Å²) in [5.41, 5.74) is 2.79. The van der Waals surface area contributed by atoms with E-state index >= 15 is 0 Å². The molecule has 0 unspecified atom stereocenters. The van der Waals surface area contributed by atoms with Crippen molar-refractivity contribution in [3.8, 4) is 0 Å². The topological polar surface area (TPSA) is 194 Å². The van der Waals surface area contributed by atoms with Crippen LogP contribution in [-0.4, -0.2) is 95.6 Å². The van der Waals surface area contributed by atoms with Gasteiger partial charge in [0, 0.05) is 41.6 Å². The first-order valence-electron chi connectivity index (χ1n) is 18.1. The fraction of sp³-hybridized carbons (Fsp3) is 0.410. The molecular formula is C39H49Cl2IN6O8S. The molecule has 310 valence electrons. The Balaban J connectivity index is 0.00000428. The van der Waals surface area contributed by atoms with E-state index in [0.717, 1.165) is 9.87 Å². The standard InChI is InChI=1S/C38H46Cl2N6O8S.CH3I/c1-23(2)18-33(45(4)34(47)19-25-11-13-28(14-12-25)42-38(52)44-30-9-6-5-8-24(30)3)35(48)41-16-15-31(37(50)51)43-36(49)32-10-7-17-46(32)55(53,54)29-21-26(39)20-27(40)22-29;1-2/h5-6,8-9,11-14,20-23,31-33H,7,10,15-19H2,1-4H3,(H,41,48)(H,43,49)(H,50,51)(H2,42,44,52);1H3/t31-,32-,33-;/m0./s1. The van der Waals surface area contributed by atoms with Crippen molar-refractivity contribution in [2.24, 2.45) is 5.92 Å². The van der Waals surface area contributed by atoms with Crippen molar-refractivity contribution in [2.75, 3.05) is 35.7 Å². The summed E-state index contributed by atoms with van der Waals surface area (Å²) in [4.78, 5) is 67.8. The minimum absolute atomic E-state index is 0.0144. The Morgan fingerprint density at radius 2 is 1.60 bits per heavy atom. The number of carboxylic acid groups (broad SMARTS) is 1. The Morgan fingerprint density at radius 3 is 2.19 bits per heavy atom. The Kier molecular flexibility index (Phi) is 18.5. The van der Waals surface area contributed by atoms with Crippen LogP contribution in [0.3, 0.4) is 0 Å². The number of nitrogens with one attached hydrogen (secondary N) is 4. The Hall–Kier alpha value is -3.97. The summed E-state index contributed by atoms with van der Waals surface area (Å²) in [6.45, 7) is 5.59. The molecule has 0 bridgehead atoms. The van der Waals surface area contributed by atoms with Crippen LogP contribution in [0.2, 0.25) is 10.0 Å². The normalized spacial score (nSPS) is 15.1. The molecule has 1 aliphatic rings. The summed E-state index contributed by atoms with van der Waals surface area (Å²) < 4.78 is 27.8. The monoisotopic (exact) mass is 958 g/mol. The van der Waals surface area contributed by atoms with E-state index in [4.69, 9.17) is 23.2 Å². The number of hydrogen-bond donors (Lipinski definition) is 5. The van der Waals surface area contributed by atoms with Gasteiger partial charge in [-0.15, -0.1) is 0 Å². The number of benzene rings is 3. The molecule has 3 aromatic rings. The molecule has 14 nitrogen and oxygen atoms in total. The maximum atomic E-state index is 13.4. The van der Waals surface area contributed by atoms with Crippen molar-refractivity contribution in [2.45, 2.75) is 75.9 Å². The van der Waals surface area contributed by atoms with Crippen LogP contribution in [0, 0.1) is 12.8 Å². The third-order valence-corrected chi connectivity index (χ3v) is 11.4. The molecule has 0 aliphatic carbocycles. The lowest BCUT2D eigenvalue weighted by Gasteiger charge is -2.29. The molecule has 5 amide bonds. The van der Waals surface area contributed by atoms with Crippen molar-refractivity contribution in [1.82, 2.24) is 19.8 Å². The minimum Gasteiger partial charge on any atom is -0.480 e. The number of aliphatic carboxylic acids is 1. The molecule has 4 rings (SSSR count). The third kappa shape index (κ3) is 13.8. The van der Waals surface area contributed by atoms with Gasteiger partial charge in [-0.3, -0.25) is 14.4 Å². The van der Waals surface area contributed by atoms with Gasteiger partial charge in [0.05, 0.1) is 11.3 Å². The quantitative estimate of drug-likeness (QED) is 0.0811. The van der Waals surface area contributed by atoms with Gasteiger partial charge in [0.2, 0.25) is 27.7 Å². The summed E-state index contributed by atoms with van der Waals surface area (Å²) in [7, 11) is -2.66. The van der Waals surface area contributed by atoms with Gasteiger partial charge in [0.1, 0.15) is 18.1 Å². The van der Waals surface area contributed by atoms with Crippen LogP contribution >= 0.6 is 45.8 Å². The zero-order valence-electron chi connectivity index (χ0n) is 32.4. The summed E-state index contributed by atoms with van der Waals surface area (Å²) in [5.74, 6) is -2.94. The zero-order valence-corrected chi connectivity index (χ0v) is 36.8. The Bertz CT molecular complexity index is 1980. The van der Waals surface area contributed by atoms with Crippen LogP contribution in [-0.2, 0) is 35.6 Å². The summed E-state index contributed by atoms with van der Waals surface area (Å²) >= 11 is 14.2. The maximum absolute atomic E-state index is 13.4. The van der Waals surface area contributed by atoms with Gasteiger partial charge >= 0.3 is 12.0 Å². The largest absolute Gasteiger partial charge is 0.480 e. The molecular weight excluding hydrogens is 910 g/mol. The van der Waals surface area contributed by atoms with E-state index in [9.17, 15) is 37.5 Å². The molecule has 0 spiro atoms. The van der Waals surface area contributed by atoms with Crippen LogP contribution in [0.25, 0.3) is 0 Å². The number of nitrogens with zero attached hydrogens (tertiary/aromatic N) is 2. The molecule has 5 N–H and O–H groups in total. The number of anilines is 2. The number of halogens is 3. The van der Waals surface area contributed by atoms with Crippen molar-refractivity contribution in [3.63, 3.8) is 0 Å². The highest BCUT2D eigenvalue weighted by molar-refractivity contribution is 14.1. The summed E-state index contributed by atoms with van der Waals surface area (Å²) in [6.07, 6.45) is 0.659. The Morgan fingerprint density at radius 1 is 0.965 bits per heavy atom. The predicted octanol–water partition coefficient (Wildman–Crippen LogP) is 6.34. The number of sulfonamides is 1. The van der Waals surface area contributed by atoms with E-state index in [2.05, 4.69) is 43.9 Å². The number of carbonyl (C=O) groups is 5. The number of amides is 5. The first-order chi connectivity index (χ1) is 27.0. The number of likely N-dealkylation sites (N-methyl/N-ethyl adjacent to an activating group) is 1. The molecule has 1 aliphatic heterocycles. The van der Waals surface area contributed by atoms with E-state index in [0.29, 0.717) is 29.8 Å². The second-order valence-electron chi connectivity index (χ2n) is 13.8. The number of carbonyl (C=O) groups excluding carboxylic acids is 4. The molecule has 18 heteroatoms. The van der Waals surface area contributed by atoms with E-state index in [-0.39, 0.29) is 59.1 Å². The number of para-hydroxylation sites is 1. The van der Waals surface area contributed by atoms with Crippen LogP contribution in [0.1, 0.15) is 50.7 Å². The molecule has 0 aromatic heterocycles. The van der Waals surface area contributed by atoms with Crippen LogP contribution < -0.4 is 21.3 Å². The predicted molar refractivity (Wildman–Crippen MR) is 230 cm³/mol. The first kappa shape index (κ1) is 47.4. The van der Waals surface area contributed by atoms with E-state index in [1.165, 1.54) is 30.1 Å². The lowest BCUT2D eigenvalue weighted by molar-refractivity contribution is -0.142. The van der Waals surface area contributed by atoms with Crippen molar-refractivity contribution in [1.29, 1.82) is 0 Å². The van der Waals surface area contributed by atoms with Gasteiger partial charge in [-0.1, -0.05) is 90.0 Å². The van der Waals surface area contributed by atoms with Crippen molar-refractivity contribution >= 4 is 96.9 Å². The highest BCUT2D eigenvalue weighted by Crippen LogP contribution is 2.30. The van der Waals surface area contributed by atoms with Crippen molar-refractivity contribution < 1.29 is 37.5 Å². The minimum atomic E-state index is -4.19. The van der Waals surface area contributed by atoms with Gasteiger partial charge in [-0.2, -0.15) is 4.31 Å². The van der Waals surface area contributed by atoms with E-state index < -0.39 is 52.0 Å². The molecule has 3 atom stereocenters. The number of urea groups is 1. The lowest BCUT2D eigenvalue weighted by Crippen LogP contribution is -2.52. The molecule has 1 fully saturated rings. The third-order valence-electron chi connectivity index (χ3n) is 9.11. The molecule has 1 saturated heterocycles. The average molecular weight is 960 g/mol. The first-order valence-corrected chi connectivity index (χ1v) is 22.5. The Labute approximate surface area is 357 Å². The fourth-order valence-corrected chi connectivity index (χ4v) is 8.53. The van der Waals surface area contributed by atoms with Gasteiger partial charge in [0.15, 0.2) is 0 Å².